The third-order valence-electron chi connectivity index (χ3n) is 3.31. The molecule has 1 N–H and O–H groups in total. The first-order chi connectivity index (χ1) is 9.94. The standard InChI is InChI=1S/C16H19NO3S/c1-12-7-4-5-10-16(12)21(18,19)17-13(2)14-8-6-9-15(11-14)20-3/h4-11,13,17H,1-3H3. The van der Waals surface area contributed by atoms with E-state index in [0.717, 1.165) is 11.1 Å². The van der Waals surface area contributed by atoms with Gasteiger partial charge in [0.25, 0.3) is 0 Å². The van der Waals surface area contributed by atoms with Gasteiger partial charge >= 0.3 is 0 Å². The van der Waals surface area contributed by atoms with E-state index < -0.39 is 10.0 Å². The first-order valence-electron chi connectivity index (χ1n) is 6.66. The van der Waals surface area contributed by atoms with Crippen LogP contribution in [0.15, 0.2) is 53.4 Å². The fraction of sp³-hybridized carbons (Fsp3) is 0.250. The smallest absolute Gasteiger partial charge is 0.241 e. The minimum atomic E-state index is -3.55. The van der Waals surface area contributed by atoms with Crippen LogP contribution in [-0.2, 0) is 10.0 Å². The van der Waals surface area contributed by atoms with Gasteiger partial charge in [-0.25, -0.2) is 13.1 Å². The number of hydrogen-bond donors (Lipinski definition) is 1. The first-order valence-corrected chi connectivity index (χ1v) is 8.14. The highest BCUT2D eigenvalue weighted by molar-refractivity contribution is 7.89. The number of benzene rings is 2. The maximum atomic E-state index is 12.4. The average Bonchev–Trinajstić information content (AvgIpc) is 2.47. The summed E-state index contributed by atoms with van der Waals surface area (Å²) in [5.74, 6) is 0.703. The van der Waals surface area contributed by atoms with Crippen molar-refractivity contribution in [2.24, 2.45) is 0 Å². The molecule has 0 heterocycles. The molecule has 0 amide bonds. The molecule has 0 saturated carbocycles. The number of aryl methyl sites for hydroxylation is 1. The van der Waals surface area contributed by atoms with Crippen molar-refractivity contribution in [2.45, 2.75) is 24.8 Å². The Bertz CT molecular complexity index is 726. The lowest BCUT2D eigenvalue weighted by atomic mass is 10.1. The van der Waals surface area contributed by atoms with Crippen molar-refractivity contribution in [1.82, 2.24) is 4.72 Å². The molecule has 0 aliphatic rings. The van der Waals surface area contributed by atoms with E-state index in [1.807, 2.05) is 37.3 Å². The number of nitrogens with one attached hydrogen (secondary N) is 1. The molecule has 1 atom stereocenters. The van der Waals surface area contributed by atoms with Gasteiger partial charge in [-0.1, -0.05) is 30.3 Å². The maximum Gasteiger partial charge on any atom is 0.241 e. The maximum absolute atomic E-state index is 12.4. The van der Waals surface area contributed by atoms with Crippen LogP contribution in [0.3, 0.4) is 0 Å². The van der Waals surface area contributed by atoms with Crippen LogP contribution in [0.5, 0.6) is 5.75 Å². The Morgan fingerprint density at radius 3 is 2.48 bits per heavy atom. The summed E-state index contributed by atoms with van der Waals surface area (Å²) in [7, 11) is -1.96. The number of sulfonamides is 1. The minimum Gasteiger partial charge on any atom is -0.497 e. The van der Waals surface area contributed by atoms with Crippen LogP contribution in [-0.4, -0.2) is 15.5 Å². The fourth-order valence-corrected chi connectivity index (χ4v) is 3.61. The van der Waals surface area contributed by atoms with Gasteiger partial charge in [-0.05, 0) is 43.2 Å². The molecule has 0 radical (unpaired) electrons. The average molecular weight is 305 g/mol. The second-order valence-electron chi connectivity index (χ2n) is 4.89. The van der Waals surface area contributed by atoms with Crippen molar-refractivity contribution in [2.75, 3.05) is 7.11 Å². The van der Waals surface area contributed by atoms with Crippen LogP contribution in [0, 0.1) is 6.92 Å². The van der Waals surface area contributed by atoms with Gasteiger partial charge in [0.05, 0.1) is 12.0 Å². The van der Waals surface area contributed by atoms with Crippen LogP contribution < -0.4 is 9.46 Å². The summed E-state index contributed by atoms with van der Waals surface area (Å²) in [5, 5.41) is 0. The van der Waals surface area contributed by atoms with E-state index in [2.05, 4.69) is 4.72 Å². The number of rotatable bonds is 5. The number of ether oxygens (including phenoxy) is 1. The quantitative estimate of drug-likeness (QED) is 0.923. The zero-order valence-electron chi connectivity index (χ0n) is 12.3. The van der Waals surface area contributed by atoms with Crippen molar-refractivity contribution in [3.63, 3.8) is 0 Å². The molecule has 0 spiro atoms. The zero-order valence-corrected chi connectivity index (χ0v) is 13.1. The van der Waals surface area contributed by atoms with Gasteiger partial charge in [0.15, 0.2) is 0 Å². The van der Waals surface area contributed by atoms with E-state index in [1.165, 1.54) is 0 Å². The molecule has 0 aliphatic carbocycles. The van der Waals surface area contributed by atoms with Gasteiger partial charge in [-0.15, -0.1) is 0 Å². The van der Waals surface area contributed by atoms with Crippen LogP contribution in [0.2, 0.25) is 0 Å². The highest BCUT2D eigenvalue weighted by atomic mass is 32.2. The van der Waals surface area contributed by atoms with Crippen LogP contribution in [0.25, 0.3) is 0 Å². The van der Waals surface area contributed by atoms with Crippen molar-refractivity contribution in [3.05, 3.63) is 59.7 Å². The molecular weight excluding hydrogens is 286 g/mol. The monoisotopic (exact) mass is 305 g/mol. The van der Waals surface area contributed by atoms with Crippen molar-refractivity contribution in [3.8, 4) is 5.75 Å². The second-order valence-corrected chi connectivity index (χ2v) is 6.57. The van der Waals surface area contributed by atoms with E-state index in [0.29, 0.717) is 10.6 Å². The van der Waals surface area contributed by atoms with Crippen molar-refractivity contribution < 1.29 is 13.2 Å². The Kier molecular flexibility index (Phi) is 4.65. The van der Waals surface area contributed by atoms with Gasteiger partial charge in [-0.2, -0.15) is 0 Å². The van der Waals surface area contributed by atoms with Gasteiger partial charge in [-0.3, -0.25) is 0 Å². The number of hydrogen-bond acceptors (Lipinski definition) is 3. The highest BCUT2D eigenvalue weighted by Crippen LogP contribution is 2.22. The summed E-state index contributed by atoms with van der Waals surface area (Å²) >= 11 is 0. The molecule has 5 heteroatoms. The Balaban J connectivity index is 2.26. The van der Waals surface area contributed by atoms with Crippen LogP contribution in [0.4, 0.5) is 0 Å². The molecule has 4 nitrogen and oxygen atoms in total. The molecule has 0 fully saturated rings. The molecule has 0 aliphatic heterocycles. The fourth-order valence-electron chi connectivity index (χ4n) is 2.13. The molecule has 1 unspecified atom stereocenters. The van der Waals surface area contributed by atoms with Gasteiger partial charge in [0, 0.05) is 6.04 Å². The Morgan fingerprint density at radius 1 is 1.10 bits per heavy atom. The van der Waals surface area contributed by atoms with E-state index in [-0.39, 0.29) is 6.04 Å². The second kappa shape index (κ2) is 6.28. The summed E-state index contributed by atoms with van der Waals surface area (Å²) in [4.78, 5) is 0.305. The Morgan fingerprint density at radius 2 is 1.81 bits per heavy atom. The topological polar surface area (TPSA) is 55.4 Å². The molecule has 21 heavy (non-hydrogen) atoms. The summed E-state index contributed by atoms with van der Waals surface area (Å²) in [6.45, 7) is 3.59. The molecule has 0 bridgehead atoms. The van der Waals surface area contributed by atoms with Gasteiger partial charge in [0.2, 0.25) is 10.0 Å². The summed E-state index contributed by atoms with van der Waals surface area (Å²) in [5.41, 5.74) is 1.58. The Hall–Kier alpha value is -1.85. The molecule has 0 saturated heterocycles. The lowest BCUT2D eigenvalue weighted by molar-refractivity contribution is 0.413. The van der Waals surface area contributed by atoms with Crippen LogP contribution in [0.1, 0.15) is 24.1 Å². The summed E-state index contributed by atoms with van der Waals surface area (Å²) < 4.78 is 32.8. The van der Waals surface area contributed by atoms with Gasteiger partial charge < -0.3 is 4.74 Å². The molecular formula is C16H19NO3S. The lowest BCUT2D eigenvalue weighted by Gasteiger charge is -2.16. The van der Waals surface area contributed by atoms with Crippen molar-refractivity contribution in [1.29, 1.82) is 0 Å². The van der Waals surface area contributed by atoms with E-state index in [9.17, 15) is 8.42 Å². The lowest BCUT2D eigenvalue weighted by Crippen LogP contribution is -2.27. The minimum absolute atomic E-state index is 0.305. The predicted molar refractivity (Wildman–Crippen MR) is 82.9 cm³/mol. The van der Waals surface area contributed by atoms with E-state index in [4.69, 9.17) is 4.74 Å². The molecule has 2 aromatic rings. The van der Waals surface area contributed by atoms with Crippen LogP contribution >= 0.6 is 0 Å². The molecule has 0 aromatic heterocycles. The van der Waals surface area contributed by atoms with E-state index >= 15 is 0 Å². The van der Waals surface area contributed by atoms with Gasteiger partial charge in [0.1, 0.15) is 5.75 Å². The molecule has 2 rings (SSSR count). The third kappa shape index (κ3) is 3.62. The summed E-state index contributed by atoms with van der Waals surface area (Å²) in [6.07, 6.45) is 0. The van der Waals surface area contributed by atoms with E-state index in [1.54, 1.807) is 32.2 Å². The third-order valence-corrected chi connectivity index (χ3v) is 5.01. The summed E-state index contributed by atoms with van der Waals surface area (Å²) in [6, 6.07) is 13.9. The normalized spacial score (nSPS) is 12.9. The largest absolute Gasteiger partial charge is 0.497 e. The van der Waals surface area contributed by atoms with Crippen molar-refractivity contribution >= 4 is 10.0 Å². The highest BCUT2D eigenvalue weighted by Gasteiger charge is 2.20. The number of methoxy groups -OCH3 is 1. The SMILES string of the molecule is COc1cccc(C(C)NS(=O)(=O)c2ccccc2C)c1. The molecule has 2 aromatic carbocycles. The predicted octanol–water partition coefficient (Wildman–Crippen LogP) is 3.04. The first kappa shape index (κ1) is 15.5. The zero-order chi connectivity index (χ0) is 15.5. The Labute approximate surface area is 125 Å². The molecule has 112 valence electrons.